The Morgan fingerprint density at radius 2 is 2.24 bits per heavy atom. The molecule has 0 saturated carbocycles. The number of hydrogen-bond donors (Lipinski definition) is 2. The lowest BCUT2D eigenvalue weighted by atomic mass is 10.1. The van der Waals surface area contributed by atoms with Crippen LogP contribution in [0.1, 0.15) is 27.9 Å². The fourth-order valence-electron chi connectivity index (χ4n) is 1.65. The molecule has 1 aromatic carbocycles. The molecule has 88 valence electrons. The van der Waals surface area contributed by atoms with Crippen molar-refractivity contribution in [3.8, 4) is 0 Å². The van der Waals surface area contributed by atoms with Gasteiger partial charge in [-0.05, 0) is 18.6 Å². The highest BCUT2D eigenvalue weighted by Gasteiger charge is 2.14. The Morgan fingerprint density at radius 3 is 2.82 bits per heavy atom. The summed E-state index contributed by atoms with van der Waals surface area (Å²) in [6, 6.07) is 5.17. The highest BCUT2D eigenvalue weighted by molar-refractivity contribution is 9.09. The van der Waals surface area contributed by atoms with Gasteiger partial charge in [-0.15, -0.1) is 0 Å². The van der Waals surface area contributed by atoms with Crippen LogP contribution in [0.25, 0.3) is 10.9 Å². The minimum atomic E-state index is -1.25. The van der Waals surface area contributed by atoms with E-state index in [1.165, 1.54) is 0 Å². The summed E-state index contributed by atoms with van der Waals surface area (Å²) in [5.74, 6) is -1.59. The third-order valence-corrected chi connectivity index (χ3v) is 2.89. The second kappa shape index (κ2) is 4.29. The molecule has 0 bridgehead atoms. The molecule has 2 N–H and O–H groups in total. The largest absolute Gasteiger partial charge is 0.475 e. The van der Waals surface area contributed by atoms with Gasteiger partial charge in [-0.1, -0.05) is 28.1 Å². The van der Waals surface area contributed by atoms with Crippen LogP contribution in [-0.2, 0) is 0 Å². The molecule has 17 heavy (non-hydrogen) atoms. The van der Waals surface area contributed by atoms with Crippen LogP contribution in [0.3, 0.4) is 0 Å². The molecule has 0 aliphatic heterocycles. The molecule has 1 heterocycles. The number of carboxylic acids is 1. The maximum Gasteiger partial charge on any atom is 0.372 e. The number of aromatic amines is 1. The summed E-state index contributed by atoms with van der Waals surface area (Å²) in [4.78, 5) is 28.8. The van der Waals surface area contributed by atoms with Gasteiger partial charge in [-0.2, -0.15) is 0 Å². The van der Waals surface area contributed by atoms with Crippen molar-refractivity contribution in [3.63, 3.8) is 0 Å². The van der Waals surface area contributed by atoms with Crippen molar-refractivity contribution in [2.45, 2.75) is 11.8 Å². The highest BCUT2D eigenvalue weighted by Crippen LogP contribution is 2.26. The minimum Gasteiger partial charge on any atom is -0.475 e. The molecule has 2 rings (SSSR count). The highest BCUT2D eigenvalue weighted by atomic mass is 79.9. The van der Waals surface area contributed by atoms with Crippen molar-refractivity contribution in [1.82, 2.24) is 9.97 Å². The van der Waals surface area contributed by atoms with Gasteiger partial charge in [0.25, 0.3) is 5.56 Å². The number of aromatic nitrogens is 2. The zero-order chi connectivity index (χ0) is 12.6. The van der Waals surface area contributed by atoms with Gasteiger partial charge in [0.2, 0.25) is 5.82 Å². The number of halogens is 1. The van der Waals surface area contributed by atoms with E-state index in [1.807, 2.05) is 6.92 Å². The molecule has 0 spiro atoms. The molecule has 0 radical (unpaired) electrons. The molecule has 5 nitrogen and oxygen atoms in total. The fraction of sp³-hybridized carbons (Fsp3) is 0.182. The Labute approximate surface area is 105 Å². The Balaban J connectivity index is 2.86. The zero-order valence-corrected chi connectivity index (χ0v) is 10.5. The van der Waals surface area contributed by atoms with Crippen LogP contribution < -0.4 is 5.56 Å². The van der Waals surface area contributed by atoms with Crippen LogP contribution in [0.15, 0.2) is 23.0 Å². The predicted octanol–water partition coefficient (Wildman–Crippen LogP) is 2.08. The number of benzene rings is 1. The third kappa shape index (κ3) is 2.08. The van der Waals surface area contributed by atoms with Gasteiger partial charge < -0.3 is 10.1 Å². The molecule has 0 saturated heterocycles. The first-order chi connectivity index (χ1) is 8.00. The molecule has 2 aromatic rings. The van der Waals surface area contributed by atoms with E-state index in [9.17, 15) is 9.59 Å². The van der Waals surface area contributed by atoms with Crippen molar-refractivity contribution in [2.24, 2.45) is 0 Å². The summed E-state index contributed by atoms with van der Waals surface area (Å²) in [5.41, 5.74) is 0.734. The Hall–Kier alpha value is -1.69. The lowest BCUT2D eigenvalue weighted by molar-refractivity contribution is 0.0683. The monoisotopic (exact) mass is 296 g/mol. The van der Waals surface area contributed by atoms with Gasteiger partial charge in [0, 0.05) is 4.83 Å². The average Bonchev–Trinajstić information content (AvgIpc) is 2.27. The molecule has 6 heteroatoms. The van der Waals surface area contributed by atoms with E-state index in [-0.39, 0.29) is 10.7 Å². The van der Waals surface area contributed by atoms with Crippen LogP contribution in [0.5, 0.6) is 0 Å². The molecule has 1 atom stereocenters. The van der Waals surface area contributed by atoms with Gasteiger partial charge in [0.05, 0.1) is 10.9 Å². The van der Waals surface area contributed by atoms with Gasteiger partial charge in [0.15, 0.2) is 0 Å². The first-order valence-electron chi connectivity index (χ1n) is 4.91. The van der Waals surface area contributed by atoms with Crippen molar-refractivity contribution in [1.29, 1.82) is 0 Å². The summed E-state index contributed by atoms with van der Waals surface area (Å²) >= 11 is 3.39. The lowest BCUT2D eigenvalue weighted by Crippen LogP contribution is -2.16. The number of aromatic carboxylic acids is 1. The number of nitrogens with one attached hydrogen (secondary N) is 1. The number of fused-ring (bicyclic) bond motifs is 1. The maximum atomic E-state index is 11.8. The molecule has 1 aromatic heterocycles. The average molecular weight is 297 g/mol. The Bertz CT molecular complexity index is 649. The van der Waals surface area contributed by atoms with Gasteiger partial charge in [-0.25, -0.2) is 9.78 Å². The molecular formula is C11H9BrN2O3. The van der Waals surface area contributed by atoms with Crippen LogP contribution in [0.4, 0.5) is 0 Å². The standard InChI is InChI=1S/C11H9BrN2O3/c1-5(12)6-3-2-4-7-8(6)10(15)14-9(13-7)11(16)17/h2-5H,1H3,(H,16,17)(H,13,14,15). The van der Waals surface area contributed by atoms with E-state index in [2.05, 4.69) is 25.9 Å². The second-order valence-corrected chi connectivity index (χ2v) is 4.95. The quantitative estimate of drug-likeness (QED) is 0.831. The van der Waals surface area contributed by atoms with E-state index in [1.54, 1.807) is 18.2 Å². The van der Waals surface area contributed by atoms with Crippen LogP contribution in [-0.4, -0.2) is 21.0 Å². The van der Waals surface area contributed by atoms with E-state index in [0.29, 0.717) is 10.9 Å². The number of carboxylic acid groups (broad SMARTS) is 1. The SMILES string of the molecule is CC(Br)c1cccc2nc(C(=O)O)[nH]c(=O)c12. The Morgan fingerprint density at radius 1 is 1.53 bits per heavy atom. The van der Waals surface area contributed by atoms with E-state index < -0.39 is 11.5 Å². The van der Waals surface area contributed by atoms with E-state index in [0.717, 1.165) is 5.56 Å². The molecule has 0 aliphatic carbocycles. The third-order valence-electron chi connectivity index (χ3n) is 2.40. The summed E-state index contributed by atoms with van der Waals surface area (Å²) in [6.07, 6.45) is 0. The molecule has 0 amide bonds. The molecule has 0 aliphatic rings. The number of H-pyrrole nitrogens is 1. The van der Waals surface area contributed by atoms with E-state index in [4.69, 9.17) is 5.11 Å². The van der Waals surface area contributed by atoms with Crippen molar-refractivity contribution in [2.75, 3.05) is 0 Å². The lowest BCUT2D eigenvalue weighted by Gasteiger charge is -2.07. The molecular weight excluding hydrogens is 288 g/mol. The topological polar surface area (TPSA) is 83.0 Å². The minimum absolute atomic E-state index is 0.00946. The predicted molar refractivity (Wildman–Crippen MR) is 66.7 cm³/mol. The summed E-state index contributed by atoms with van der Waals surface area (Å²) in [7, 11) is 0. The van der Waals surface area contributed by atoms with Crippen molar-refractivity contribution >= 4 is 32.8 Å². The zero-order valence-electron chi connectivity index (χ0n) is 8.90. The normalized spacial score (nSPS) is 12.6. The number of hydrogen-bond acceptors (Lipinski definition) is 3. The first-order valence-corrected chi connectivity index (χ1v) is 5.82. The molecule has 1 unspecified atom stereocenters. The van der Waals surface area contributed by atoms with Gasteiger partial charge in [0.1, 0.15) is 0 Å². The van der Waals surface area contributed by atoms with E-state index >= 15 is 0 Å². The second-order valence-electron chi connectivity index (χ2n) is 3.58. The van der Waals surface area contributed by atoms with Crippen molar-refractivity contribution < 1.29 is 9.90 Å². The first kappa shape index (κ1) is 11.8. The maximum absolute atomic E-state index is 11.8. The van der Waals surface area contributed by atoms with Crippen LogP contribution in [0.2, 0.25) is 0 Å². The van der Waals surface area contributed by atoms with Gasteiger partial charge in [-0.3, -0.25) is 4.79 Å². The summed E-state index contributed by atoms with van der Waals surface area (Å²) in [5, 5.41) is 9.22. The number of carbonyl (C=O) groups is 1. The van der Waals surface area contributed by atoms with Crippen molar-refractivity contribution in [3.05, 3.63) is 39.9 Å². The van der Waals surface area contributed by atoms with Gasteiger partial charge >= 0.3 is 5.97 Å². The van der Waals surface area contributed by atoms with Crippen LogP contribution >= 0.6 is 15.9 Å². The Kier molecular flexibility index (Phi) is 2.97. The molecule has 0 fully saturated rings. The fourth-order valence-corrected chi connectivity index (χ4v) is 2.03. The summed E-state index contributed by atoms with van der Waals surface area (Å²) in [6.45, 7) is 1.89. The summed E-state index contributed by atoms with van der Waals surface area (Å²) < 4.78 is 0. The number of alkyl halides is 1. The number of nitrogens with zero attached hydrogens (tertiary/aromatic N) is 1. The van der Waals surface area contributed by atoms with Crippen LogP contribution in [0, 0.1) is 0 Å². The number of rotatable bonds is 2. The smallest absolute Gasteiger partial charge is 0.372 e.